The molecule has 0 aliphatic heterocycles. The second-order valence-corrected chi connectivity index (χ2v) is 5.96. The zero-order chi connectivity index (χ0) is 12.5. The quantitative estimate of drug-likeness (QED) is 0.803. The van der Waals surface area contributed by atoms with Gasteiger partial charge in [-0.25, -0.2) is 4.98 Å². The second kappa shape index (κ2) is 4.84. The largest absolute Gasteiger partial charge is 0.359 e. The fourth-order valence-electron chi connectivity index (χ4n) is 3.35. The third kappa shape index (κ3) is 2.34. The molecule has 3 unspecified atom stereocenters. The third-order valence-corrected chi connectivity index (χ3v) is 4.52. The van der Waals surface area contributed by atoms with Crippen LogP contribution in [0.15, 0.2) is 18.3 Å². The minimum Gasteiger partial charge on any atom is -0.359 e. The summed E-state index contributed by atoms with van der Waals surface area (Å²) in [5.41, 5.74) is 1.12. The molecule has 0 radical (unpaired) electrons. The number of fused-ring (bicyclic) bond motifs is 2. The number of hydrogen-bond donors (Lipinski definition) is 2. The average Bonchev–Trinajstić information content (AvgIpc) is 2.94. The van der Waals surface area contributed by atoms with E-state index in [1.807, 2.05) is 19.1 Å². The van der Waals surface area contributed by atoms with Crippen LogP contribution in [0.5, 0.6) is 0 Å². The van der Waals surface area contributed by atoms with Crippen LogP contribution in [-0.2, 0) is 0 Å². The first-order chi connectivity index (χ1) is 8.72. The van der Waals surface area contributed by atoms with Crippen molar-refractivity contribution in [3.63, 3.8) is 0 Å². The fraction of sp³-hybridized carbons (Fsp3) is 0.571. The smallest absolute Gasteiger partial charge is 0.172 e. The first-order valence-corrected chi connectivity index (χ1v) is 7.12. The van der Waals surface area contributed by atoms with Gasteiger partial charge in [-0.2, -0.15) is 0 Å². The van der Waals surface area contributed by atoms with Gasteiger partial charge in [0, 0.05) is 12.2 Å². The Bertz CT molecular complexity index is 460. The number of aromatic nitrogens is 1. The van der Waals surface area contributed by atoms with Gasteiger partial charge in [0.25, 0.3) is 0 Å². The number of thiocarbonyl (C=S) groups is 1. The third-order valence-electron chi connectivity index (χ3n) is 4.30. The van der Waals surface area contributed by atoms with Crippen LogP contribution in [0.4, 0.5) is 5.82 Å². The Hall–Kier alpha value is -1.16. The van der Waals surface area contributed by atoms with E-state index >= 15 is 0 Å². The number of rotatable bonds is 2. The summed E-state index contributed by atoms with van der Waals surface area (Å²) >= 11 is 5.39. The summed E-state index contributed by atoms with van der Waals surface area (Å²) < 4.78 is 0. The summed E-state index contributed by atoms with van der Waals surface area (Å²) in [5, 5.41) is 7.39. The minimum atomic E-state index is 0.577. The first kappa shape index (κ1) is 11.9. The average molecular weight is 261 g/mol. The number of nitrogens with zero attached hydrogens (tertiary/aromatic N) is 1. The van der Waals surface area contributed by atoms with E-state index in [4.69, 9.17) is 12.2 Å². The molecule has 0 aromatic carbocycles. The normalized spacial score (nSPS) is 29.3. The highest BCUT2D eigenvalue weighted by Gasteiger charge is 2.39. The maximum absolute atomic E-state index is 5.39. The minimum absolute atomic E-state index is 0.577. The maximum atomic E-state index is 5.39. The molecule has 1 aromatic rings. The van der Waals surface area contributed by atoms with Gasteiger partial charge in [-0.15, -0.1) is 0 Å². The van der Waals surface area contributed by atoms with Crippen LogP contribution in [0.2, 0.25) is 0 Å². The van der Waals surface area contributed by atoms with Crippen LogP contribution in [0, 0.1) is 18.8 Å². The van der Waals surface area contributed by atoms with Crippen molar-refractivity contribution in [3.8, 4) is 0 Å². The molecule has 3 rings (SSSR count). The van der Waals surface area contributed by atoms with Crippen molar-refractivity contribution in [2.75, 3.05) is 5.32 Å². The predicted octanol–water partition coefficient (Wildman–Crippen LogP) is 2.87. The Kier molecular flexibility index (Phi) is 3.20. The molecule has 1 heterocycles. The zero-order valence-corrected chi connectivity index (χ0v) is 11.5. The van der Waals surface area contributed by atoms with Crippen LogP contribution in [0.1, 0.15) is 31.2 Å². The SMILES string of the molecule is Cc1cccnc1NC(=S)NC1CC2CCC1C2. The van der Waals surface area contributed by atoms with Crippen LogP contribution >= 0.6 is 12.2 Å². The molecule has 0 amide bonds. The van der Waals surface area contributed by atoms with Crippen LogP contribution in [0.3, 0.4) is 0 Å². The molecule has 2 fully saturated rings. The Morgan fingerprint density at radius 3 is 2.94 bits per heavy atom. The van der Waals surface area contributed by atoms with E-state index in [1.165, 1.54) is 25.7 Å². The lowest BCUT2D eigenvalue weighted by Gasteiger charge is -2.24. The van der Waals surface area contributed by atoms with Crippen molar-refractivity contribution in [1.29, 1.82) is 0 Å². The number of pyridine rings is 1. The standard InChI is InChI=1S/C14H19N3S/c1-9-3-2-6-15-13(9)17-14(18)16-12-8-10-4-5-11(12)7-10/h2-3,6,10-12H,4-5,7-8H2,1H3,(H2,15,16,17,18). The molecule has 2 aliphatic carbocycles. The number of nitrogens with one attached hydrogen (secondary N) is 2. The molecule has 2 bridgehead atoms. The number of anilines is 1. The Morgan fingerprint density at radius 1 is 1.39 bits per heavy atom. The molecular weight excluding hydrogens is 242 g/mol. The summed E-state index contributed by atoms with van der Waals surface area (Å²) in [5.74, 6) is 2.63. The van der Waals surface area contributed by atoms with E-state index in [9.17, 15) is 0 Å². The summed E-state index contributed by atoms with van der Waals surface area (Å²) in [7, 11) is 0. The highest BCUT2D eigenvalue weighted by Crippen LogP contribution is 2.44. The van der Waals surface area contributed by atoms with Gasteiger partial charge in [-0.05, 0) is 61.9 Å². The lowest BCUT2D eigenvalue weighted by atomic mass is 9.96. The van der Waals surface area contributed by atoms with E-state index < -0.39 is 0 Å². The molecule has 18 heavy (non-hydrogen) atoms. The zero-order valence-electron chi connectivity index (χ0n) is 10.6. The lowest BCUT2D eigenvalue weighted by Crippen LogP contribution is -2.41. The van der Waals surface area contributed by atoms with E-state index in [0.717, 1.165) is 23.2 Å². The van der Waals surface area contributed by atoms with Gasteiger partial charge >= 0.3 is 0 Å². The van der Waals surface area contributed by atoms with Crippen molar-refractivity contribution >= 4 is 23.1 Å². The Labute approximate surface area is 113 Å². The highest BCUT2D eigenvalue weighted by atomic mass is 32.1. The van der Waals surface area contributed by atoms with Gasteiger partial charge < -0.3 is 10.6 Å². The summed E-state index contributed by atoms with van der Waals surface area (Å²) in [4.78, 5) is 4.30. The Balaban J connectivity index is 1.58. The summed E-state index contributed by atoms with van der Waals surface area (Å²) in [6.45, 7) is 2.04. The van der Waals surface area contributed by atoms with Crippen molar-refractivity contribution in [2.24, 2.45) is 11.8 Å². The molecule has 0 spiro atoms. The van der Waals surface area contributed by atoms with Crippen LogP contribution in [0.25, 0.3) is 0 Å². The highest BCUT2D eigenvalue weighted by molar-refractivity contribution is 7.80. The molecule has 0 saturated heterocycles. The van der Waals surface area contributed by atoms with Crippen molar-refractivity contribution in [1.82, 2.24) is 10.3 Å². The fourth-order valence-corrected chi connectivity index (χ4v) is 3.60. The number of hydrogen-bond acceptors (Lipinski definition) is 2. The summed E-state index contributed by atoms with van der Waals surface area (Å²) in [6, 6.07) is 4.55. The molecule has 2 saturated carbocycles. The van der Waals surface area contributed by atoms with Crippen molar-refractivity contribution < 1.29 is 0 Å². The summed E-state index contributed by atoms with van der Waals surface area (Å²) in [6.07, 6.45) is 7.25. The van der Waals surface area contributed by atoms with Crippen molar-refractivity contribution in [3.05, 3.63) is 23.9 Å². The molecule has 4 heteroatoms. The molecule has 2 N–H and O–H groups in total. The molecule has 96 valence electrons. The molecule has 3 nitrogen and oxygen atoms in total. The Morgan fingerprint density at radius 2 is 2.28 bits per heavy atom. The van der Waals surface area contributed by atoms with Gasteiger partial charge in [0.05, 0.1) is 0 Å². The van der Waals surface area contributed by atoms with Gasteiger partial charge in [-0.3, -0.25) is 0 Å². The van der Waals surface area contributed by atoms with E-state index in [1.54, 1.807) is 6.20 Å². The van der Waals surface area contributed by atoms with Crippen LogP contribution < -0.4 is 10.6 Å². The van der Waals surface area contributed by atoms with E-state index in [-0.39, 0.29) is 0 Å². The monoisotopic (exact) mass is 261 g/mol. The lowest BCUT2D eigenvalue weighted by molar-refractivity contribution is 0.392. The van der Waals surface area contributed by atoms with E-state index in [0.29, 0.717) is 11.2 Å². The first-order valence-electron chi connectivity index (χ1n) is 6.71. The molecule has 2 aliphatic rings. The van der Waals surface area contributed by atoms with Gasteiger partial charge in [0.15, 0.2) is 5.11 Å². The topological polar surface area (TPSA) is 37.0 Å². The van der Waals surface area contributed by atoms with Crippen LogP contribution in [-0.4, -0.2) is 16.1 Å². The molecule has 1 aromatic heterocycles. The second-order valence-electron chi connectivity index (χ2n) is 5.55. The van der Waals surface area contributed by atoms with Gasteiger partial charge in [-0.1, -0.05) is 12.5 Å². The number of aryl methyl sites for hydroxylation is 1. The maximum Gasteiger partial charge on any atom is 0.172 e. The molecule has 3 atom stereocenters. The van der Waals surface area contributed by atoms with Crippen molar-refractivity contribution in [2.45, 2.75) is 38.6 Å². The van der Waals surface area contributed by atoms with Gasteiger partial charge in [0.2, 0.25) is 0 Å². The molecular formula is C14H19N3S. The van der Waals surface area contributed by atoms with Gasteiger partial charge in [0.1, 0.15) is 5.82 Å². The predicted molar refractivity (Wildman–Crippen MR) is 77.6 cm³/mol. The van der Waals surface area contributed by atoms with E-state index in [2.05, 4.69) is 15.6 Å².